The van der Waals surface area contributed by atoms with Crippen LogP contribution in [-0.4, -0.2) is 48.0 Å². The minimum Gasteiger partial charge on any atom is -0.494 e. The van der Waals surface area contributed by atoms with Crippen LogP contribution >= 0.6 is 0 Å². The summed E-state index contributed by atoms with van der Waals surface area (Å²) in [7, 11) is 0. The van der Waals surface area contributed by atoms with Crippen molar-refractivity contribution in [3.8, 4) is 5.75 Å². The third-order valence-corrected chi connectivity index (χ3v) is 5.75. The highest BCUT2D eigenvalue weighted by Crippen LogP contribution is 2.37. The first kappa shape index (κ1) is 20.3. The Morgan fingerprint density at radius 1 is 1.21 bits per heavy atom. The predicted octanol–water partition coefficient (Wildman–Crippen LogP) is 3.85. The van der Waals surface area contributed by atoms with Crippen molar-refractivity contribution in [1.29, 1.82) is 0 Å². The van der Waals surface area contributed by atoms with Crippen molar-refractivity contribution < 1.29 is 18.7 Å². The first-order valence-corrected chi connectivity index (χ1v) is 10.8. The Labute approximate surface area is 172 Å². The fourth-order valence-corrected chi connectivity index (χ4v) is 4.26. The van der Waals surface area contributed by atoms with Crippen molar-refractivity contribution in [1.82, 2.24) is 15.0 Å². The van der Waals surface area contributed by atoms with Crippen LogP contribution in [0, 0.1) is 0 Å². The van der Waals surface area contributed by atoms with Gasteiger partial charge in [-0.05, 0) is 57.2 Å². The molecule has 2 aliphatic rings. The molecule has 0 unspecified atom stereocenters. The quantitative estimate of drug-likeness (QED) is 0.665. The molecule has 7 nitrogen and oxygen atoms in total. The number of nitrogens with zero attached hydrogens (tertiary/aromatic N) is 3. The molecule has 4 rings (SSSR count). The maximum absolute atomic E-state index is 6.20. The molecule has 7 heteroatoms. The van der Waals surface area contributed by atoms with E-state index in [4.69, 9.17) is 18.7 Å². The lowest BCUT2D eigenvalue weighted by atomic mass is 9.90. The van der Waals surface area contributed by atoms with Gasteiger partial charge in [-0.15, -0.1) is 0 Å². The zero-order valence-electron chi connectivity index (χ0n) is 17.4. The van der Waals surface area contributed by atoms with Gasteiger partial charge >= 0.3 is 0 Å². The molecule has 0 N–H and O–H groups in total. The van der Waals surface area contributed by atoms with E-state index in [0.29, 0.717) is 24.9 Å². The van der Waals surface area contributed by atoms with E-state index in [9.17, 15) is 0 Å². The highest BCUT2D eigenvalue weighted by molar-refractivity contribution is 5.28. The fraction of sp³-hybridized carbons (Fsp3) is 0.636. The zero-order valence-corrected chi connectivity index (χ0v) is 17.4. The Morgan fingerprint density at radius 3 is 2.79 bits per heavy atom. The summed E-state index contributed by atoms with van der Waals surface area (Å²) in [5, 5.41) is 4.20. The van der Waals surface area contributed by atoms with Crippen LogP contribution in [0.5, 0.6) is 5.75 Å². The molecule has 0 aliphatic carbocycles. The summed E-state index contributed by atoms with van der Waals surface area (Å²) < 4.78 is 23.2. The molecule has 2 aliphatic heterocycles. The first-order chi connectivity index (χ1) is 14.2. The van der Waals surface area contributed by atoms with Crippen LogP contribution in [0.15, 0.2) is 28.8 Å². The van der Waals surface area contributed by atoms with E-state index in [1.807, 2.05) is 19.9 Å². The molecule has 0 spiro atoms. The molecule has 158 valence electrons. The van der Waals surface area contributed by atoms with Crippen molar-refractivity contribution in [2.45, 2.75) is 57.8 Å². The van der Waals surface area contributed by atoms with Gasteiger partial charge in [0.25, 0.3) is 5.89 Å². The molecule has 1 atom stereocenters. The van der Waals surface area contributed by atoms with Gasteiger partial charge in [0.15, 0.2) is 0 Å². The Hall–Kier alpha value is -1.96. The van der Waals surface area contributed by atoms with E-state index in [0.717, 1.165) is 57.7 Å². The molecule has 0 bridgehead atoms. The van der Waals surface area contributed by atoms with Crippen LogP contribution < -0.4 is 4.74 Å². The standard InChI is InChI=1S/C22H31N3O4/c1-3-26-18-8-5-7-17(15-18)16-25-12-10-22(11-13-25,28-4-2)21-23-20(24-29-21)19-9-6-14-27-19/h5,7-8,15,19H,3-4,6,9-14,16H2,1-2H3/t19-/m1/s1. The SMILES string of the molecule is CCOc1cccc(CN2CCC(OCC)(c3nc([C@H]4CCCO4)no3)CC2)c1. The molecule has 0 amide bonds. The summed E-state index contributed by atoms with van der Waals surface area (Å²) in [6.07, 6.45) is 3.63. The van der Waals surface area contributed by atoms with Gasteiger partial charge in [0.2, 0.25) is 5.82 Å². The van der Waals surface area contributed by atoms with Gasteiger partial charge in [-0.3, -0.25) is 4.90 Å². The van der Waals surface area contributed by atoms with Crippen LogP contribution in [0.4, 0.5) is 0 Å². The Bertz CT molecular complexity index is 780. The van der Waals surface area contributed by atoms with Gasteiger partial charge in [-0.25, -0.2) is 0 Å². The first-order valence-electron chi connectivity index (χ1n) is 10.8. The molecule has 0 saturated carbocycles. The Kier molecular flexibility index (Phi) is 6.47. The minimum absolute atomic E-state index is 0.0381. The lowest BCUT2D eigenvalue weighted by Gasteiger charge is -2.39. The van der Waals surface area contributed by atoms with Gasteiger partial charge in [0.1, 0.15) is 17.5 Å². The molecule has 29 heavy (non-hydrogen) atoms. The van der Waals surface area contributed by atoms with E-state index in [2.05, 4.69) is 33.2 Å². The summed E-state index contributed by atoms with van der Waals surface area (Å²) >= 11 is 0. The molecule has 3 heterocycles. The molecule has 2 saturated heterocycles. The number of aromatic nitrogens is 2. The van der Waals surface area contributed by atoms with Crippen LogP contribution in [-0.2, 0) is 21.6 Å². The van der Waals surface area contributed by atoms with Gasteiger partial charge in [-0.1, -0.05) is 17.3 Å². The van der Waals surface area contributed by atoms with E-state index in [-0.39, 0.29) is 6.10 Å². The highest BCUT2D eigenvalue weighted by Gasteiger charge is 2.42. The molecular formula is C22H31N3O4. The molecule has 2 aromatic rings. The number of ether oxygens (including phenoxy) is 3. The van der Waals surface area contributed by atoms with E-state index in [1.54, 1.807) is 0 Å². The van der Waals surface area contributed by atoms with Crippen molar-refractivity contribution in [3.05, 3.63) is 41.5 Å². The molecule has 2 fully saturated rings. The number of piperidine rings is 1. The fourth-order valence-electron chi connectivity index (χ4n) is 4.26. The average molecular weight is 402 g/mol. The Morgan fingerprint density at radius 2 is 2.07 bits per heavy atom. The summed E-state index contributed by atoms with van der Waals surface area (Å²) in [5.41, 5.74) is 0.765. The maximum Gasteiger partial charge on any atom is 0.259 e. The molecular weight excluding hydrogens is 370 g/mol. The van der Waals surface area contributed by atoms with Crippen molar-refractivity contribution in [2.75, 3.05) is 32.9 Å². The van der Waals surface area contributed by atoms with Gasteiger partial charge in [-0.2, -0.15) is 4.98 Å². The second-order valence-corrected chi connectivity index (χ2v) is 7.74. The van der Waals surface area contributed by atoms with Crippen molar-refractivity contribution in [2.24, 2.45) is 0 Å². The number of rotatable bonds is 8. The van der Waals surface area contributed by atoms with E-state index < -0.39 is 5.60 Å². The maximum atomic E-state index is 6.20. The summed E-state index contributed by atoms with van der Waals surface area (Å²) in [6.45, 7) is 8.82. The highest BCUT2D eigenvalue weighted by atomic mass is 16.5. The second kappa shape index (κ2) is 9.24. The molecule has 1 aromatic carbocycles. The number of hydrogen-bond donors (Lipinski definition) is 0. The smallest absolute Gasteiger partial charge is 0.259 e. The van der Waals surface area contributed by atoms with E-state index >= 15 is 0 Å². The lowest BCUT2D eigenvalue weighted by Crippen LogP contribution is -2.44. The molecule has 0 radical (unpaired) electrons. The van der Waals surface area contributed by atoms with Crippen molar-refractivity contribution >= 4 is 0 Å². The third kappa shape index (κ3) is 4.63. The third-order valence-electron chi connectivity index (χ3n) is 5.75. The summed E-state index contributed by atoms with van der Waals surface area (Å²) in [4.78, 5) is 7.13. The van der Waals surface area contributed by atoms with E-state index in [1.165, 1.54) is 5.56 Å². The normalized spacial score (nSPS) is 22.1. The minimum atomic E-state index is -0.498. The topological polar surface area (TPSA) is 69.9 Å². The van der Waals surface area contributed by atoms with Crippen LogP contribution in [0.2, 0.25) is 0 Å². The van der Waals surface area contributed by atoms with Crippen LogP contribution in [0.1, 0.15) is 62.9 Å². The second-order valence-electron chi connectivity index (χ2n) is 7.74. The monoisotopic (exact) mass is 401 g/mol. The van der Waals surface area contributed by atoms with Gasteiger partial charge < -0.3 is 18.7 Å². The van der Waals surface area contributed by atoms with Gasteiger partial charge in [0.05, 0.1) is 6.61 Å². The molecule has 1 aromatic heterocycles. The number of hydrogen-bond acceptors (Lipinski definition) is 7. The van der Waals surface area contributed by atoms with Crippen LogP contribution in [0.3, 0.4) is 0 Å². The number of likely N-dealkylation sites (tertiary alicyclic amines) is 1. The Balaban J connectivity index is 1.41. The lowest BCUT2D eigenvalue weighted by molar-refractivity contribution is -0.104. The van der Waals surface area contributed by atoms with Gasteiger partial charge in [0, 0.05) is 32.8 Å². The summed E-state index contributed by atoms with van der Waals surface area (Å²) in [5.74, 6) is 2.19. The summed E-state index contributed by atoms with van der Waals surface area (Å²) in [6, 6.07) is 8.34. The largest absolute Gasteiger partial charge is 0.494 e. The predicted molar refractivity (Wildman–Crippen MR) is 108 cm³/mol. The van der Waals surface area contributed by atoms with Crippen molar-refractivity contribution in [3.63, 3.8) is 0 Å². The average Bonchev–Trinajstić information content (AvgIpc) is 3.43. The zero-order chi connectivity index (χ0) is 20.1. The van der Waals surface area contributed by atoms with Crippen LogP contribution in [0.25, 0.3) is 0 Å². The number of benzene rings is 1.